The molecule has 62 valence electrons. The predicted octanol–water partition coefficient (Wildman–Crippen LogP) is 0.236. The van der Waals surface area contributed by atoms with Gasteiger partial charge in [0, 0.05) is 6.07 Å². The molecule has 0 saturated heterocycles. The number of amides is 1. The summed E-state index contributed by atoms with van der Waals surface area (Å²) >= 11 is 0. The first-order valence-corrected chi connectivity index (χ1v) is 3.32. The fourth-order valence-electron chi connectivity index (χ4n) is 0.684. The Hall–Kier alpha value is -1.83. The van der Waals surface area contributed by atoms with E-state index < -0.39 is 5.91 Å². The Morgan fingerprint density at radius 2 is 2.67 bits per heavy atom. The molecule has 1 heterocycles. The van der Waals surface area contributed by atoms with E-state index in [-0.39, 0.29) is 12.2 Å². The highest BCUT2D eigenvalue weighted by molar-refractivity contribution is 5.92. The molecule has 1 rings (SSSR count). The Balaban J connectivity index is 2.61. The van der Waals surface area contributed by atoms with E-state index in [2.05, 4.69) is 15.0 Å². The van der Waals surface area contributed by atoms with Gasteiger partial charge in [-0.05, 0) is 6.92 Å². The summed E-state index contributed by atoms with van der Waals surface area (Å²) in [5.41, 5.74) is 0.197. The average molecular weight is 165 g/mol. The summed E-state index contributed by atoms with van der Waals surface area (Å²) in [5.74, 6) is 0.172. The molecule has 1 aromatic heterocycles. The Morgan fingerprint density at radius 1 is 1.92 bits per heavy atom. The van der Waals surface area contributed by atoms with Crippen LogP contribution in [0.15, 0.2) is 10.6 Å². The van der Waals surface area contributed by atoms with Crippen LogP contribution in [0.1, 0.15) is 16.2 Å². The van der Waals surface area contributed by atoms with Crippen molar-refractivity contribution in [3.05, 3.63) is 17.5 Å². The largest absolute Gasteiger partial charge is 0.361 e. The third-order valence-electron chi connectivity index (χ3n) is 1.19. The summed E-state index contributed by atoms with van der Waals surface area (Å²) in [6.45, 7) is 1.67. The molecule has 5 heteroatoms. The summed E-state index contributed by atoms with van der Waals surface area (Å²) in [4.78, 5) is 11.0. The Labute approximate surface area is 69.0 Å². The monoisotopic (exact) mass is 165 g/mol. The lowest BCUT2D eigenvalue weighted by atomic mass is 10.3. The summed E-state index contributed by atoms with van der Waals surface area (Å²) < 4.78 is 4.67. The highest BCUT2D eigenvalue weighted by Crippen LogP contribution is 2.00. The van der Waals surface area contributed by atoms with E-state index in [1.54, 1.807) is 13.0 Å². The summed E-state index contributed by atoms with van der Waals surface area (Å²) in [7, 11) is 0. The van der Waals surface area contributed by atoms with Crippen LogP contribution in [0.4, 0.5) is 0 Å². The van der Waals surface area contributed by atoms with E-state index in [0.29, 0.717) is 5.76 Å². The van der Waals surface area contributed by atoms with Crippen molar-refractivity contribution in [3.8, 4) is 6.07 Å². The second-order valence-corrected chi connectivity index (χ2v) is 2.16. The maximum Gasteiger partial charge on any atom is 0.274 e. The number of rotatable bonds is 2. The first-order valence-electron chi connectivity index (χ1n) is 3.32. The van der Waals surface area contributed by atoms with E-state index in [1.807, 2.05) is 0 Å². The molecule has 5 nitrogen and oxygen atoms in total. The molecule has 12 heavy (non-hydrogen) atoms. The summed E-state index contributed by atoms with van der Waals surface area (Å²) in [6, 6.07) is 3.29. The number of hydrogen-bond acceptors (Lipinski definition) is 4. The summed E-state index contributed by atoms with van der Waals surface area (Å²) in [6.07, 6.45) is 0. The maximum absolute atomic E-state index is 11.0. The molecule has 0 atom stereocenters. The van der Waals surface area contributed by atoms with Gasteiger partial charge < -0.3 is 9.84 Å². The number of carbonyl (C=O) groups is 1. The minimum absolute atomic E-state index is 0.0231. The van der Waals surface area contributed by atoms with Gasteiger partial charge >= 0.3 is 0 Å². The number of nitrogens with one attached hydrogen (secondary N) is 1. The summed E-state index contributed by atoms with van der Waals surface area (Å²) in [5, 5.41) is 14.0. The number of carbonyl (C=O) groups excluding carboxylic acids is 1. The first-order chi connectivity index (χ1) is 5.74. The normalized spacial score (nSPS) is 9.00. The number of aromatic nitrogens is 1. The van der Waals surface area contributed by atoms with Crippen molar-refractivity contribution in [2.75, 3.05) is 6.54 Å². The molecule has 1 N–H and O–H groups in total. The zero-order valence-electron chi connectivity index (χ0n) is 6.50. The van der Waals surface area contributed by atoms with Crippen LogP contribution in [0.2, 0.25) is 0 Å². The minimum Gasteiger partial charge on any atom is -0.361 e. The zero-order valence-corrected chi connectivity index (χ0v) is 6.50. The molecule has 1 aromatic rings. The average Bonchev–Trinajstić information content (AvgIpc) is 2.47. The van der Waals surface area contributed by atoms with Gasteiger partial charge in [-0.1, -0.05) is 5.16 Å². The number of aryl methyl sites for hydroxylation is 1. The third kappa shape index (κ3) is 1.83. The molecule has 0 aromatic carbocycles. The molecular weight excluding hydrogens is 158 g/mol. The molecular formula is C7H7N3O2. The Kier molecular flexibility index (Phi) is 2.43. The van der Waals surface area contributed by atoms with Crippen LogP contribution in [0.5, 0.6) is 0 Å². The Morgan fingerprint density at radius 3 is 3.17 bits per heavy atom. The standard InChI is InChI=1S/C7H7N3O2/c1-5-4-6(10-12-5)7(11)9-3-2-8/h4H,3H2,1H3,(H,9,11). The quantitative estimate of drug-likeness (QED) is 0.636. The SMILES string of the molecule is Cc1cc(C(=O)NCC#N)no1. The van der Waals surface area contributed by atoms with Crippen LogP contribution in [-0.2, 0) is 0 Å². The van der Waals surface area contributed by atoms with E-state index in [0.717, 1.165) is 0 Å². The van der Waals surface area contributed by atoms with Crippen molar-refractivity contribution in [1.29, 1.82) is 5.26 Å². The molecule has 0 unspecified atom stereocenters. The van der Waals surface area contributed by atoms with Gasteiger partial charge in [0.15, 0.2) is 5.69 Å². The molecule has 0 aliphatic heterocycles. The van der Waals surface area contributed by atoms with Crippen molar-refractivity contribution >= 4 is 5.91 Å². The molecule has 0 aliphatic rings. The van der Waals surface area contributed by atoms with E-state index in [9.17, 15) is 4.79 Å². The van der Waals surface area contributed by atoms with Crippen molar-refractivity contribution < 1.29 is 9.32 Å². The van der Waals surface area contributed by atoms with Crippen LogP contribution in [-0.4, -0.2) is 17.6 Å². The van der Waals surface area contributed by atoms with Crippen LogP contribution < -0.4 is 5.32 Å². The van der Waals surface area contributed by atoms with Gasteiger partial charge in [0.2, 0.25) is 0 Å². The lowest BCUT2D eigenvalue weighted by Crippen LogP contribution is -2.23. The first kappa shape index (κ1) is 8.27. The lowest BCUT2D eigenvalue weighted by Gasteiger charge is -1.92. The highest BCUT2D eigenvalue weighted by atomic mass is 16.5. The fourth-order valence-corrected chi connectivity index (χ4v) is 0.684. The molecule has 0 bridgehead atoms. The number of nitriles is 1. The molecule has 0 fully saturated rings. The topological polar surface area (TPSA) is 78.9 Å². The van der Waals surface area contributed by atoms with Gasteiger partial charge in [0.1, 0.15) is 12.3 Å². The van der Waals surface area contributed by atoms with Gasteiger partial charge in [-0.25, -0.2) is 0 Å². The molecule has 0 spiro atoms. The third-order valence-corrected chi connectivity index (χ3v) is 1.19. The van der Waals surface area contributed by atoms with Crippen molar-refractivity contribution in [1.82, 2.24) is 10.5 Å². The Bertz CT molecular complexity index is 324. The van der Waals surface area contributed by atoms with Gasteiger partial charge in [-0.3, -0.25) is 4.79 Å². The van der Waals surface area contributed by atoms with Crippen LogP contribution in [0.3, 0.4) is 0 Å². The van der Waals surface area contributed by atoms with Crippen molar-refractivity contribution in [2.24, 2.45) is 0 Å². The van der Waals surface area contributed by atoms with Gasteiger partial charge in [0.25, 0.3) is 5.91 Å². The molecule has 1 amide bonds. The number of nitrogens with zero attached hydrogens (tertiary/aromatic N) is 2. The van der Waals surface area contributed by atoms with Crippen molar-refractivity contribution in [3.63, 3.8) is 0 Å². The van der Waals surface area contributed by atoms with E-state index >= 15 is 0 Å². The smallest absolute Gasteiger partial charge is 0.274 e. The van der Waals surface area contributed by atoms with Crippen molar-refractivity contribution in [2.45, 2.75) is 6.92 Å². The van der Waals surface area contributed by atoms with Gasteiger partial charge in [-0.15, -0.1) is 0 Å². The molecule has 0 aliphatic carbocycles. The fraction of sp³-hybridized carbons (Fsp3) is 0.286. The second-order valence-electron chi connectivity index (χ2n) is 2.16. The van der Waals surface area contributed by atoms with Gasteiger partial charge in [-0.2, -0.15) is 5.26 Å². The molecule has 0 saturated carbocycles. The predicted molar refractivity (Wildman–Crippen MR) is 39.2 cm³/mol. The highest BCUT2D eigenvalue weighted by Gasteiger charge is 2.08. The van der Waals surface area contributed by atoms with E-state index in [4.69, 9.17) is 5.26 Å². The van der Waals surface area contributed by atoms with Crippen LogP contribution in [0.25, 0.3) is 0 Å². The lowest BCUT2D eigenvalue weighted by molar-refractivity contribution is 0.0949. The minimum atomic E-state index is -0.395. The van der Waals surface area contributed by atoms with Crippen LogP contribution in [0, 0.1) is 18.3 Å². The molecule has 0 radical (unpaired) electrons. The maximum atomic E-state index is 11.0. The van der Waals surface area contributed by atoms with E-state index in [1.165, 1.54) is 6.07 Å². The second kappa shape index (κ2) is 3.53. The zero-order chi connectivity index (χ0) is 8.97. The number of hydrogen-bond donors (Lipinski definition) is 1. The van der Waals surface area contributed by atoms with Gasteiger partial charge in [0.05, 0.1) is 6.07 Å². The van der Waals surface area contributed by atoms with Crippen LogP contribution >= 0.6 is 0 Å².